The molecule has 1 nitrogen and oxygen atoms in total. The van der Waals surface area contributed by atoms with Crippen molar-refractivity contribution in [2.75, 3.05) is 13.0 Å². The summed E-state index contributed by atoms with van der Waals surface area (Å²) in [4.78, 5) is 0. The third-order valence-electron chi connectivity index (χ3n) is 3.51. The molecule has 2 aromatic carbocycles. The van der Waals surface area contributed by atoms with Crippen molar-refractivity contribution < 1.29 is 4.74 Å². The minimum atomic E-state index is 0.332. The standard InChI is InChI=1S/C17H18BrClO/c1-12-5-3-4-6-15(12)14(11-19)9-13-7-8-17(20-2)16(18)10-13/h3-8,10,14H,9,11H2,1-2H3. The topological polar surface area (TPSA) is 9.23 Å². The number of ether oxygens (including phenoxy) is 1. The number of halogens is 2. The van der Waals surface area contributed by atoms with Crippen LogP contribution < -0.4 is 4.74 Å². The van der Waals surface area contributed by atoms with Crippen LogP contribution in [0.5, 0.6) is 5.75 Å². The summed E-state index contributed by atoms with van der Waals surface area (Å²) in [5, 5.41) is 0. The van der Waals surface area contributed by atoms with Crippen LogP contribution in [0.25, 0.3) is 0 Å². The molecule has 0 heterocycles. The van der Waals surface area contributed by atoms with E-state index in [0.717, 1.165) is 16.6 Å². The van der Waals surface area contributed by atoms with E-state index in [0.29, 0.717) is 11.8 Å². The van der Waals surface area contributed by atoms with Crippen LogP contribution in [0.1, 0.15) is 22.6 Å². The Kier molecular flexibility index (Phi) is 5.50. The van der Waals surface area contributed by atoms with E-state index >= 15 is 0 Å². The minimum absolute atomic E-state index is 0.332. The monoisotopic (exact) mass is 352 g/mol. The zero-order chi connectivity index (χ0) is 14.5. The van der Waals surface area contributed by atoms with Crippen LogP contribution in [0.15, 0.2) is 46.9 Å². The Balaban J connectivity index is 2.23. The highest BCUT2D eigenvalue weighted by molar-refractivity contribution is 9.10. The van der Waals surface area contributed by atoms with Gasteiger partial charge in [-0.25, -0.2) is 0 Å². The summed E-state index contributed by atoms with van der Waals surface area (Å²) in [6, 6.07) is 14.6. The minimum Gasteiger partial charge on any atom is -0.496 e. The first kappa shape index (κ1) is 15.4. The summed E-state index contributed by atoms with van der Waals surface area (Å²) in [6.45, 7) is 2.14. The third kappa shape index (κ3) is 3.56. The van der Waals surface area contributed by atoms with Crippen molar-refractivity contribution in [2.45, 2.75) is 19.3 Å². The molecule has 3 heteroatoms. The summed E-state index contributed by atoms with van der Waals surface area (Å²) in [5.41, 5.74) is 3.88. The molecule has 2 rings (SSSR count). The molecule has 1 unspecified atom stereocenters. The molecule has 0 bridgehead atoms. The molecule has 0 fully saturated rings. The van der Waals surface area contributed by atoms with Crippen LogP contribution in [-0.4, -0.2) is 13.0 Å². The summed E-state index contributed by atoms with van der Waals surface area (Å²) < 4.78 is 6.24. The molecule has 2 aromatic rings. The number of aryl methyl sites for hydroxylation is 1. The fourth-order valence-corrected chi connectivity index (χ4v) is 3.28. The van der Waals surface area contributed by atoms with E-state index in [1.54, 1.807) is 7.11 Å². The summed E-state index contributed by atoms with van der Waals surface area (Å²) in [5.74, 6) is 1.80. The van der Waals surface area contributed by atoms with Crippen molar-refractivity contribution in [1.82, 2.24) is 0 Å². The molecule has 106 valence electrons. The molecule has 0 aromatic heterocycles. The highest BCUT2D eigenvalue weighted by atomic mass is 79.9. The van der Waals surface area contributed by atoms with E-state index in [9.17, 15) is 0 Å². The Labute approximate surface area is 134 Å². The lowest BCUT2D eigenvalue weighted by molar-refractivity contribution is 0.412. The van der Waals surface area contributed by atoms with Crippen molar-refractivity contribution in [3.8, 4) is 5.75 Å². The molecule has 0 aliphatic heterocycles. The van der Waals surface area contributed by atoms with Crippen molar-refractivity contribution in [1.29, 1.82) is 0 Å². The Bertz CT molecular complexity index is 583. The van der Waals surface area contributed by atoms with Gasteiger partial charge in [-0.05, 0) is 58.1 Å². The van der Waals surface area contributed by atoms with Crippen LogP contribution in [0.4, 0.5) is 0 Å². The number of hydrogen-bond acceptors (Lipinski definition) is 1. The van der Waals surface area contributed by atoms with Crippen LogP contribution in [-0.2, 0) is 6.42 Å². The number of rotatable bonds is 5. The molecular weight excluding hydrogens is 336 g/mol. The molecule has 0 N–H and O–H groups in total. The van der Waals surface area contributed by atoms with Crippen molar-refractivity contribution in [2.24, 2.45) is 0 Å². The van der Waals surface area contributed by atoms with Crippen molar-refractivity contribution in [3.63, 3.8) is 0 Å². The second-order valence-corrected chi connectivity index (χ2v) is 6.04. The van der Waals surface area contributed by atoms with E-state index in [1.165, 1.54) is 16.7 Å². The summed E-state index contributed by atoms with van der Waals surface area (Å²) in [6.07, 6.45) is 0.928. The highest BCUT2D eigenvalue weighted by Gasteiger charge is 2.14. The average molecular weight is 354 g/mol. The average Bonchev–Trinajstić information content (AvgIpc) is 2.46. The molecule has 1 atom stereocenters. The molecule has 20 heavy (non-hydrogen) atoms. The molecular formula is C17H18BrClO. The zero-order valence-corrected chi connectivity index (χ0v) is 14.0. The lowest BCUT2D eigenvalue weighted by Crippen LogP contribution is -2.06. The van der Waals surface area contributed by atoms with Gasteiger partial charge in [0.2, 0.25) is 0 Å². The molecule has 0 aliphatic carbocycles. The first-order chi connectivity index (χ1) is 9.65. The van der Waals surface area contributed by atoms with Gasteiger partial charge in [0, 0.05) is 11.8 Å². The zero-order valence-electron chi connectivity index (χ0n) is 11.7. The maximum absolute atomic E-state index is 6.19. The fraction of sp³-hybridized carbons (Fsp3) is 0.294. The third-order valence-corrected chi connectivity index (χ3v) is 4.51. The second-order valence-electron chi connectivity index (χ2n) is 4.88. The van der Waals surface area contributed by atoms with E-state index in [4.69, 9.17) is 16.3 Å². The Morgan fingerprint density at radius 3 is 2.55 bits per heavy atom. The highest BCUT2D eigenvalue weighted by Crippen LogP contribution is 2.30. The van der Waals surface area contributed by atoms with Gasteiger partial charge in [-0.2, -0.15) is 0 Å². The van der Waals surface area contributed by atoms with Gasteiger partial charge in [0.1, 0.15) is 5.75 Å². The number of methoxy groups -OCH3 is 1. The summed E-state index contributed by atoms with van der Waals surface area (Å²) in [7, 11) is 1.68. The first-order valence-corrected chi connectivity index (χ1v) is 7.92. The molecule has 0 spiro atoms. The number of hydrogen-bond donors (Lipinski definition) is 0. The predicted molar refractivity (Wildman–Crippen MR) is 89.0 cm³/mol. The van der Waals surface area contributed by atoms with Crippen LogP contribution in [0, 0.1) is 6.92 Å². The van der Waals surface area contributed by atoms with E-state index in [-0.39, 0.29) is 0 Å². The number of alkyl halides is 1. The molecule has 0 aliphatic rings. The fourth-order valence-electron chi connectivity index (χ4n) is 2.41. The van der Waals surface area contributed by atoms with Gasteiger partial charge in [0.05, 0.1) is 11.6 Å². The van der Waals surface area contributed by atoms with Gasteiger partial charge in [0.15, 0.2) is 0 Å². The van der Waals surface area contributed by atoms with Gasteiger partial charge < -0.3 is 4.74 Å². The van der Waals surface area contributed by atoms with E-state index < -0.39 is 0 Å². The predicted octanol–water partition coefficient (Wildman–Crippen LogP) is 5.33. The van der Waals surface area contributed by atoms with Gasteiger partial charge >= 0.3 is 0 Å². The largest absolute Gasteiger partial charge is 0.496 e. The maximum Gasteiger partial charge on any atom is 0.133 e. The van der Waals surface area contributed by atoms with Gasteiger partial charge in [-0.1, -0.05) is 30.3 Å². The van der Waals surface area contributed by atoms with Crippen molar-refractivity contribution >= 4 is 27.5 Å². The summed E-state index contributed by atoms with van der Waals surface area (Å²) >= 11 is 9.72. The molecule has 0 amide bonds. The lowest BCUT2D eigenvalue weighted by atomic mass is 9.90. The Morgan fingerprint density at radius 2 is 1.95 bits per heavy atom. The van der Waals surface area contributed by atoms with Gasteiger partial charge in [-0.3, -0.25) is 0 Å². The maximum atomic E-state index is 6.19. The quantitative estimate of drug-likeness (QED) is 0.660. The first-order valence-electron chi connectivity index (χ1n) is 6.59. The van der Waals surface area contributed by atoms with Crippen LogP contribution >= 0.6 is 27.5 Å². The normalized spacial score (nSPS) is 12.2. The SMILES string of the molecule is COc1ccc(CC(CCl)c2ccccc2C)cc1Br. The smallest absolute Gasteiger partial charge is 0.133 e. The Morgan fingerprint density at radius 1 is 1.20 bits per heavy atom. The van der Waals surface area contributed by atoms with Gasteiger partial charge in [-0.15, -0.1) is 11.6 Å². The number of benzene rings is 2. The second kappa shape index (κ2) is 7.14. The molecule has 0 saturated heterocycles. The Hall–Kier alpha value is -0.990. The lowest BCUT2D eigenvalue weighted by Gasteiger charge is -2.17. The van der Waals surface area contributed by atoms with E-state index in [2.05, 4.69) is 59.3 Å². The molecule has 0 saturated carbocycles. The van der Waals surface area contributed by atoms with Crippen LogP contribution in [0.3, 0.4) is 0 Å². The van der Waals surface area contributed by atoms with Crippen molar-refractivity contribution in [3.05, 3.63) is 63.6 Å². The van der Waals surface area contributed by atoms with E-state index in [1.807, 2.05) is 6.07 Å². The molecule has 0 radical (unpaired) electrons. The van der Waals surface area contributed by atoms with Crippen LogP contribution in [0.2, 0.25) is 0 Å². The van der Waals surface area contributed by atoms with Gasteiger partial charge in [0.25, 0.3) is 0 Å².